The van der Waals surface area contributed by atoms with Crippen LogP contribution in [0.5, 0.6) is 11.5 Å². The predicted molar refractivity (Wildman–Crippen MR) is 72.6 cm³/mol. The molecule has 2 rings (SSSR count). The van der Waals surface area contributed by atoms with E-state index in [0.717, 1.165) is 19.5 Å². The molecule has 5 nitrogen and oxygen atoms in total. The highest BCUT2D eigenvalue weighted by Gasteiger charge is 2.29. The summed E-state index contributed by atoms with van der Waals surface area (Å²) >= 11 is 0. The molecule has 1 fully saturated rings. The smallest absolute Gasteiger partial charge is 0.258 e. The molecular weight excluding hydrogens is 244 g/mol. The molecule has 104 valence electrons. The molecule has 0 bridgehead atoms. The fourth-order valence-electron chi connectivity index (χ4n) is 2.15. The molecule has 1 aliphatic rings. The van der Waals surface area contributed by atoms with Gasteiger partial charge in [-0.05, 0) is 24.6 Å². The van der Waals surface area contributed by atoms with Gasteiger partial charge in [0.05, 0.1) is 18.7 Å². The number of phenolic OH excluding ortho intramolecular Hbond substituents is 1. The summed E-state index contributed by atoms with van der Waals surface area (Å²) in [7, 11) is 1.54. The molecule has 0 aliphatic carbocycles. The van der Waals surface area contributed by atoms with Crippen molar-refractivity contribution in [3.05, 3.63) is 23.8 Å². The van der Waals surface area contributed by atoms with Gasteiger partial charge >= 0.3 is 0 Å². The van der Waals surface area contributed by atoms with Crippen molar-refractivity contribution in [3.8, 4) is 11.5 Å². The van der Waals surface area contributed by atoms with Crippen LogP contribution in [0.1, 0.15) is 23.7 Å². The van der Waals surface area contributed by atoms with Crippen LogP contribution >= 0.6 is 0 Å². The van der Waals surface area contributed by atoms with Gasteiger partial charge in [0.1, 0.15) is 11.5 Å². The van der Waals surface area contributed by atoms with Crippen molar-refractivity contribution in [3.63, 3.8) is 0 Å². The van der Waals surface area contributed by atoms with Crippen LogP contribution in [0.15, 0.2) is 18.2 Å². The maximum Gasteiger partial charge on any atom is 0.258 e. The van der Waals surface area contributed by atoms with E-state index in [9.17, 15) is 9.90 Å². The van der Waals surface area contributed by atoms with Gasteiger partial charge in [-0.3, -0.25) is 4.79 Å². The Morgan fingerprint density at radius 1 is 1.53 bits per heavy atom. The summed E-state index contributed by atoms with van der Waals surface area (Å²) in [6, 6.07) is 4.95. The summed E-state index contributed by atoms with van der Waals surface area (Å²) < 4.78 is 5.11. The second kappa shape index (κ2) is 5.93. The minimum atomic E-state index is -0.134. The number of aromatic hydroxyl groups is 1. The topological polar surface area (TPSA) is 61.8 Å². The summed E-state index contributed by atoms with van der Waals surface area (Å²) in [5.74, 6) is 0.438. The Labute approximate surface area is 113 Å². The molecule has 1 saturated heterocycles. The minimum absolute atomic E-state index is 0.000754. The molecule has 0 atom stereocenters. The number of carbonyl (C=O) groups excluding carboxylic acids is 1. The highest BCUT2D eigenvalue weighted by molar-refractivity contribution is 5.97. The second-order valence-electron chi connectivity index (χ2n) is 4.69. The lowest BCUT2D eigenvalue weighted by molar-refractivity contribution is 0.0612. The van der Waals surface area contributed by atoms with E-state index in [4.69, 9.17) is 4.74 Å². The number of benzene rings is 1. The van der Waals surface area contributed by atoms with Gasteiger partial charge in [-0.2, -0.15) is 0 Å². The molecule has 1 amide bonds. The fourth-order valence-corrected chi connectivity index (χ4v) is 2.15. The van der Waals surface area contributed by atoms with Crippen LogP contribution in [0.2, 0.25) is 0 Å². The lowest BCUT2D eigenvalue weighted by Gasteiger charge is -2.38. The number of hydrogen-bond donors (Lipinski definition) is 2. The second-order valence-corrected chi connectivity index (χ2v) is 4.69. The predicted octanol–water partition coefficient (Wildman–Crippen LogP) is 1.22. The number of nitrogens with one attached hydrogen (secondary N) is 1. The summed E-state index contributed by atoms with van der Waals surface area (Å²) in [5.41, 5.74) is 0.305. The minimum Gasteiger partial charge on any atom is -0.507 e. The molecule has 0 radical (unpaired) electrons. The summed E-state index contributed by atoms with van der Waals surface area (Å²) in [5, 5.41) is 13.0. The van der Waals surface area contributed by atoms with Gasteiger partial charge in [-0.1, -0.05) is 6.92 Å². The Hall–Kier alpha value is -1.75. The Morgan fingerprint density at radius 3 is 2.79 bits per heavy atom. The number of nitrogens with zero attached hydrogens (tertiary/aromatic N) is 1. The first-order valence-electron chi connectivity index (χ1n) is 6.56. The average Bonchev–Trinajstić information content (AvgIpc) is 2.36. The van der Waals surface area contributed by atoms with Gasteiger partial charge < -0.3 is 20.1 Å². The highest BCUT2D eigenvalue weighted by Crippen LogP contribution is 2.25. The molecule has 1 aromatic carbocycles. The zero-order chi connectivity index (χ0) is 13.8. The Bertz CT molecular complexity index is 458. The van der Waals surface area contributed by atoms with Gasteiger partial charge in [0, 0.05) is 19.6 Å². The van der Waals surface area contributed by atoms with Gasteiger partial charge in [-0.15, -0.1) is 0 Å². The van der Waals surface area contributed by atoms with E-state index in [-0.39, 0.29) is 17.7 Å². The van der Waals surface area contributed by atoms with Gasteiger partial charge in [-0.25, -0.2) is 0 Å². The molecule has 0 spiro atoms. The third kappa shape index (κ3) is 2.81. The Morgan fingerprint density at radius 2 is 2.26 bits per heavy atom. The molecular formula is C14H20N2O3. The van der Waals surface area contributed by atoms with Gasteiger partial charge in [0.2, 0.25) is 0 Å². The SMILES string of the molecule is CCCN(C(=O)c1cc(OC)ccc1O)C1CNC1. The molecule has 0 unspecified atom stereocenters. The van der Waals surface area contributed by atoms with Gasteiger partial charge in [0.15, 0.2) is 0 Å². The van der Waals surface area contributed by atoms with E-state index in [2.05, 4.69) is 5.32 Å². The van der Waals surface area contributed by atoms with Crippen molar-refractivity contribution >= 4 is 5.91 Å². The first-order valence-corrected chi connectivity index (χ1v) is 6.56. The molecule has 2 N–H and O–H groups in total. The van der Waals surface area contributed by atoms with Gasteiger partial charge in [0.25, 0.3) is 5.91 Å². The van der Waals surface area contributed by atoms with E-state index in [0.29, 0.717) is 17.9 Å². The molecule has 0 aromatic heterocycles. The normalized spacial score (nSPS) is 14.8. The summed E-state index contributed by atoms with van der Waals surface area (Å²) in [4.78, 5) is 14.4. The Balaban J connectivity index is 2.24. The summed E-state index contributed by atoms with van der Waals surface area (Å²) in [6.07, 6.45) is 0.896. The monoisotopic (exact) mass is 264 g/mol. The maximum absolute atomic E-state index is 12.5. The highest BCUT2D eigenvalue weighted by atomic mass is 16.5. The van der Waals surface area contributed by atoms with E-state index in [1.54, 1.807) is 19.2 Å². The van der Waals surface area contributed by atoms with Crippen molar-refractivity contribution in [2.45, 2.75) is 19.4 Å². The van der Waals surface area contributed by atoms with Crippen molar-refractivity contribution in [1.82, 2.24) is 10.2 Å². The average molecular weight is 264 g/mol. The maximum atomic E-state index is 12.5. The van der Waals surface area contributed by atoms with Crippen molar-refractivity contribution in [2.75, 3.05) is 26.7 Å². The van der Waals surface area contributed by atoms with Crippen LogP contribution in [0.25, 0.3) is 0 Å². The first kappa shape index (κ1) is 13.7. The van der Waals surface area contributed by atoms with Crippen molar-refractivity contribution < 1.29 is 14.6 Å². The number of phenols is 1. The molecule has 5 heteroatoms. The van der Waals surface area contributed by atoms with Crippen LogP contribution < -0.4 is 10.1 Å². The van der Waals surface area contributed by atoms with Crippen LogP contribution in [-0.4, -0.2) is 48.7 Å². The van der Waals surface area contributed by atoms with Crippen LogP contribution in [-0.2, 0) is 0 Å². The molecule has 1 aromatic rings. The van der Waals surface area contributed by atoms with E-state index < -0.39 is 0 Å². The quantitative estimate of drug-likeness (QED) is 0.839. The van der Waals surface area contributed by atoms with E-state index in [1.807, 2.05) is 11.8 Å². The molecule has 19 heavy (non-hydrogen) atoms. The van der Waals surface area contributed by atoms with E-state index in [1.165, 1.54) is 6.07 Å². The lowest BCUT2D eigenvalue weighted by atomic mass is 10.1. The Kier molecular flexibility index (Phi) is 4.27. The number of carbonyl (C=O) groups is 1. The largest absolute Gasteiger partial charge is 0.507 e. The van der Waals surface area contributed by atoms with Crippen molar-refractivity contribution in [1.29, 1.82) is 0 Å². The molecule has 1 heterocycles. The number of rotatable bonds is 5. The number of ether oxygens (including phenoxy) is 1. The number of methoxy groups -OCH3 is 1. The fraction of sp³-hybridized carbons (Fsp3) is 0.500. The van der Waals surface area contributed by atoms with Crippen LogP contribution in [0.3, 0.4) is 0 Å². The van der Waals surface area contributed by atoms with E-state index >= 15 is 0 Å². The standard InChI is InChI=1S/C14H20N2O3/c1-3-6-16(10-8-15-9-10)14(18)12-7-11(19-2)4-5-13(12)17/h4-5,7,10,15,17H,3,6,8-9H2,1-2H3. The number of hydrogen-bond acceptors (Lipinski definition) is 4. The zero-order valence-electron chi connectivity index (χ0n) is 11.3. The molecule has 0 saturated carbocycles. The first-order chi connectivity index (χ1) is 9.17. The summed E-state index contributed by atoms with van der Waals surface area (Å²) in [6.45, 7) is 4.37. The van der Waals surface area contributed by atoms with Crippen LogP contribution in [0.4, 0.5) is 0 Å². The van der Waals surface area contributed by atoms with Crippen molar-refractivity contribution in [2.24, 2.45) is 0 Å². The lowest BCUT2D eigenvalue weighted by Crippen LogP contribution is -2.59. The number of amides is 1. The third-order valence-electron chi connectivity index (χ3n) is 3.36. The zero-order valence-corrected chi connectivity index (χ0v) is 11.3. The van der Waals surface area contributed by atoms with Crippen LogP contribution in [0, 0.1) is 0 Å². The molecule has 1 aliphatic heterocycles. The third-order valence-corrected chi connectivity index (χ3v) is 3.36.